The van der Waals surface area contributed by atoms with E-state index in [0.29, 0.717) is 37.4 Å². The minimum atomic E-state index is -1.10. The summed E-state index contributed by atoms with van der Waals surface area (Å²) in [5.74, 6) is 0.415. The van der Waals surface area contributed by atoms with Gasteiger partial charge in [0.2, 0.25) is 0 Å². The Kier molecular flexibility index (Phi) is 8.74. The van der Waals surface area contributed by atoms with Gasteiger partial charge in [-0.15, -0.1) is 0 Å². The van der Waals surface area contributed by atoms with Crippen molar-refractivity contribution in [2.24, 2.45) is 0 Å². The molecular weight excluding hydrogens is 549 g/mol. The summed E-state index contributed by atoms with van der Waals surface area (Å²) in [5.41, 5.74) is 7.49. The number of nitrogens with two attached hydrogens (primary N) is 1. The highest BCUT2D eigenvalue weighted by atomic mass is 19.1. The van der Waals surface area contributed by atoms with Gasteiger partial charge in [0, 0.05) is 52.0 Å². The van der Waals surface area contributed by atoms with Gasteiger partial charge in [-0.25, -0.2) is 13.9 Å². The molecule has 0 radical (unpaired) electrons. The van der Waals surface area contributed by atoms with Gasteiger partial charge >= 0.3 is 6.03 Å². The molecule has 0 bridgehead atoms. The standard InChI is InChI=1S/C31H46FN9O2/c1-38-16-18-40(19-17-38)30(43)39-14-9-22(10-15-39)23-8-13-34-20-24(23)36-29(42)26-27(33)37-41-28(26)35-21-25(32)31(41)11-6-4-2-3-5-7-12-31/h8,13,20,22,25,35H,2-7,9-12,14-19,21H2,1H3,(H2,33,37)(H,36,42). The van der Waals surface area contributed by atoms with Crippen LogP contribution in [0.2, 0.25) is 0 Å². The number of carbonyl (C=O) groups is 2. The fourth-order valence-corrected chi connectivity index (χ4v) is 7.50. The molecule has 3 fully saturated rings. The summed E-state index contributed by atoms with van der Waals surface area (Å²) in [6.07, 6.45) is 11.7. The van der Waals surface area contributed by atoms with Crippen molar-refractivity contribution in [3.05, 3.63) is 29.6 Å². The number of carbonyl (C=O) groups excluding carboxylic acids is 2. The van der Waals surface area contributed by atoms with Gasteiger partial charge in [-0.2, -0.15) is 5.10 Å². The molecule has 2 saturated heterocycles. The van der Waals surface area contributed by atoms with E-state index in [1.165, 1.54) is 12.8 Å². The quantitative estimate of drug-likeness (QED) is 0.485. The zero-order valence-corrected chi connectivity index (χ0v) is 25.4. The predicted molar refractivity (Wildman–Crippen MR) is 165 cm³/mol. The van der Waals surface area contributed by atoms with Crippen LogP contribution in [0.25, 0.3) is 0 Å². The normalized spacial score (nSPS) is 23.5. The summed E-state index contributed by atoms with van der Waals surface area (Å²) in [7, 11) is 2.08. The highest BCUT2D eigenvalue weighted by molar-refractivity contribution is 6.11. The van der Waals surface area contributed by atoms with Crippen molar-refractivity contribution in [3.63, 3.8) is 0 Å². The summed E-state index contributed by atoms with van der Waals surface area (Å²) in [6, 6.07) is 2.07. The van der Waals surface area contributed by atoms with E-state index in [1.54, 1.807) is 17.1 Å². The average molecular weight is 596 g/mol. The lowest BCUT2D eigenvalue weighted by atomic mass is 9.82. The Morgan fingerprint density at radius 3 is 2.35 bits per heavy atom. The highest BCUT2D eigenvalue weighted by Crippen LogP contribution is 2.44. The van der Waals surface area contributed by atoms with Gasteiger partial charge in [-0.05, 0) is 50.3 Å². The third-order valence-corrected chi connectivity index (χ3v) is 10.1. The number of nitrogen functional groups attached to an aromatic ring is 1. The van der Waals surface area contributed by atoms with Crippen LogP contribution in [0.3, 0.4) is 0 Å². The van der Waals surface area contributed by atoms with Crippen molar-refractivity contribution in [3.8, 4) is 0 Å². The van der Waals surface area contributed by atoms with Gasteiger partial charge < -0.3 is 31.1 Å². The lowest BCUT2D eigenvalue weighted by Crippen LogP contribution is -2.53. The summed E-state index contributed by atoms with van der Waals surface area (Å²) >= 11 is 0. The van der Waals surface area contributed by atoms with Crippen molar-refractivity contribution >= 4 is 29.3 Å². The van der Waals surface area contributed by atoms with Crippen LogP contribution in [-0.2, 0) is 5.54 Å². The Balaban J connectivity index is 1.17. The molecule has 1 unspecified atom stereocenters. The molecule has 1 atom stereocenters. The predicted octanol–water partition coefficient (Wildman–Crippen LogP) is 4.25. The summed E-state index contributed by atoms with van der Waals surface area (Å²) in [4.78, 5) is 37.4. The minimum Gasteiger partial charge on any atom is -0.381 e. The van der Waals surface area contributed by atoms with Crippen molar-refractivity contribution in [1.82, 2.24) is 29.5 Å². The highest BCUT2D eigenvalue weighted by Gasteiger charge is 2.47. The first-order valence-corrected chi connectivity index (χ1v) is 16.1. The number of piperidine rings is 1. The van der Waals surface area contributed by atoms with Crippen LogP contribution in [0.1, 0.15) is 86.0 Å². The Labute approximate surface area is 253 Å². The van der Waals surface area contributed by atoms with Crippen LogP contribution in [0.4, 0.5) is 26.5 Å². The SMILES string of the molecule is CN1CCN(C(=O)N2CCC(c3ccncc3NC(=O)c3c(N)nn4c3NCC(F)C43CCCCCCCC3)CC2)CC1. The molecule has 5 heterocycles. The summed E-state index contributed by atoms with van der Waals surface area (Å²) < 4.78 is 17.4. The van der Waals surface area contributed by atoms with E-state index < -0.39 is 11.7 Å². The molecule has 2 aromatic heterocycles. The van der Waals surface area contributed by atoms with Crippen molar-refractivity contribution < 1.29 is 14.0 Å². The lowest BCUT2D eigenvalue weighted by molar-refractivity contribution is 0.0754. The molecule has 2 aromatic rings. The molecule has 3 aliphatic heterocycles. The molecule has 11 nitrogen and oxygen atoms in total. The Morgan fingerprint density at radius 1 is 1.00 bits per heavy atom. The number of likely N-dealkylation sites (tertiary alicyclic amines) is 1. The van der Waals surface area contributed by atoms with Gasteiger partial charge in [0.1, 0.15) is 17.6 Å². The van der Waals surface area contributed by atoms with Gasteiger partial charge in [-0.3, -0.25) is 9.78 Å². The maximum atomic E-state index is 15.7. The number of pyridine rings is 1. The molecule has 4 aliphatic rings. The molecule has 12 heteroatoms. The number of rotatable bonds is 3. The topological polar surface area (TPSA) is 125 Å². The van der Waals surface area contributed by atoms with Crippen LogP contribution in [-0.4, -0.2) is 100 Å². The number of fused-ring (bicyclic) bond motifs is 2. The number of likely N-dealkylation sites (N-methyl/N-ethyl adjacent to an activating group) is 1. The molecule has 1 aliphatic carbocycles. The number of aromatic nitrogens is 3. The fraction of sp³-hybridized carbons (Fsp3) is 0.677. The number of piperazine rings is 1. The molecule has 234 valence electrons. The first-order chi connectivity index (χ1) is 20.9. The van der Waals surface area contributed by atoms with Crippen molar-refractivity contribution in [2.75, 3.05) is 69.2 Å². The molecule has 1 saturated carbocycles. The molecule has 43 heavy (non-hydrogen) atoms. The van der Waals surface area contributed by atoms with Crippen LogP contribution >= 0.6 is 0 Å². The third kappa shape index (κ3) is 5.90. The van der Waals surface area contributed by atoms with E-state index in [1.807, 2.05) is 15.9 Å². The molecule has 6 rings (SSSR count). The number of amides is 3. The van der Waals surface area contributed by atoms with Crippen LogP contribution in [0.5, 0.6) is 0 Å². The zero-order valence-electron chi connectivity index (χ0n) is 25.4. The van der Waals surface area contributed by atoms with Gasteiger partial charge in [-0.1, -0.05) is 38.5 Å². The maximum absolute atomic E-state index is 15.7. The second-order valence-electron chi connectivity index (χ2n) is 12.8. The third-order valence-electron chi connectivity index (χ3n) is 10.1. The van der Waals surface area contributed by atoms with E-state index in [4.69, 9.17) is 5.73 Å². The number of nitrogens with one attached hydrogen (secondary N) is 2. The van der Waals surface area contributed by atoms with Crippen LogP contribution < -0.4 is 16.4 Å². The average Bonchev–Trinajstić information content (AvgIpc) is 3.42. The van der Waals surface area contributed by atoms with E-state index in [0.717, 1.165) is 70.3 Å². The van der Waals surface area contributed by atoms with E-state index in [-0.39, 0.29) is 35.8 Å². The van der Waals surface area contributed by atoms with Crippen LogP contribution in [0.15, 0.2) is 18.5 Å². The van der Waals surface area contributed by atoms with E-state index in [2.05, 4.69) is 32.7 Å². The molecule has 1 spiro atoms. The Morgan fingerprint density at radius 2 is 1.65 bits per heavy atom. The van der Waals surface area contributed by atoms with Gasteiger partial charge in [0.25, 0.3) is 5.91 Å². The fourth-order valence-electron chi connectivity index (χ4n) is 7.50. The monoisotopic (exact) mass is 595 g/mol. The van der Waals surface area contributed by atoms with Gasteiger partial charge in [0.15, 0.2) is 5.82 Å². The van der Waals surface area contributed by atoms with E-state index >= 15 is 4.39 Å². The Hall–Kier alpha value is -3.41. The number of halogens is 1. The van der Waals surface area contributed by atoms with Gasteiger partial charge in [0.05, 0.1) is 17.4 Å². The molecule has 4 N–H and O–H groups in total. The van der Waals surface area contributed by atoms with Crippen LogP contribution in [0, 0.1) is 0 Å². The second-order valence-corrected chi connectivity index (χ2v) is 12.8. The number of nitrogens with zero attached hydrogens (tertiary/aromatic N) is 6. The smallest absolute Gasteiger partial charge is 0.320 e. The number of hydrogen-bond acceptors (Lipinski definition) is 7. The number of alkyl halides is 1. The number of hydrogen-bond donors (Lipinski definition) is 3. The Bertz CT molecular complexity index is 1290. The molecule has 0 aromatic carbocycles. The summed E-state index contributed by atoms with van der Waals surface area (Å²) in [5, 5.41) is 10.8. The lowest BCUT2D eigenvalue weighted by Gasteiger charge is -2.42. The van der Waals surface area contributed by atoms with E-state index in [9.17, 15) is 9.59 Å². The number of anilines is 3. The molecular formula is C31H46FN9O2. The maximum Gasteiger partial charge on any atom is 0.320 e. The molecule has 3 amide bonds. The minimum absolute atomic E-state index is 0.106. The van der Waals surface area contributed by atoms with Crippen molar-refractivity contribution in [1.29, 1.82) is 0 Å². The number of urea groups is 1. The first-order valence-electron chi connectivity index (χ1n) is 16.1. The second kappa shape index (κ2) is 12.7. The zero-order chi connectivity index (χ0) is 30.0. The first kappa shape index (κ1) is 29.7. The van der Waals surface area contributed by atoms with Crippen molar-refractivity contribution in [2.45, 2.75) is 81.8 Å². The summed E-state index contributed by atoms with van der Waals surface area (Å²) in [6.45, 7) is 4.81. The largest absolute Gasteiger partial charge is 0.381 e.